The maximum Gasteiger partial charge on any atom is 0.341 e. The number of rotatable bonds is 6. The van der Waals surface area contributed by atoms with Gasteiger partial charge in [0.1, 0.15) is 16.8 Å². The van der Waals surface area contributed by atoms with E-state index in [1.54, 1.807) is 34.7 Å². The molecule has 172 valence electrons. The van der Waals surface area contributed by atoms with Crippen LogP contribution in [0.1, 0.15) is 59.2 Å². The van der Waals surface area contributed by atoms with Crippen LogP contribution in [0.25, 0.3) is 5.52 Å². The van der Waals surface area contributed by atoms with Crippen LogP contribution in [0.4, 0.5) is 0 Å². The van der Waals surface area contributed by atoms with Crippen LogP contribution in [0.5, 0.6) is 0 Å². The molecule has 0 atom stereocenters. The van der Waals surface area contributed by atoms with Crippen LogP contribution < -0.4 is 0 Å². The van der Waals surface area contributed by atoms with E-state index in [4.69, 9.17) is 9.47 Å². The number of methoxy groups -OCH3 is 2. The molecule has 0 saturated carbocycles. The third-order valence-corrected chi connectivity index (χ3v) is 6.01. The lowest BCUT2D eigenvalue weighted by Gasteiger charge is -2.14. The summed E-state index contributed by atoms with van der Waals surface area (Å²) in [6, 6.07) is 20.6. The second kappa shape index (κ2) is 9.35. The summed E-state index contributed by atoms with van der Waals surface area (Å²) in [5.41, 5.74) is 4.48. The van der Waals surface area contributed by atoms with Crippen molar-refractivity contribution in [2.45, 2.75) is 20.3 Å². The van der Waals surface area contributed by atoms with E-state index in [0.29, 0.717) is 23.2 Å². The number of carbonyl (C=O) groups excluding carboxylic acids is 3. The molecule has 4 rings (SSSR count). The first-order valence-corrected chi connectivity index (χ1v) is 10.9. The zero-order valence-electron chi connectivity index (χ0n) is 19.5. The lowest BCUT2D eigenvalue weighted by atomic mass is 9.98. The average molecular weight is 456 g/mol. The van der Waals surface area contributed by atoms with Gasteiger partial charge in [0.2, 0.25) is 5.78 Å². The van der Waals surface area contributed by atoms with Gasteiger partial charge in [0.25, 0.3) is 0 Å². The monoisotopic (exact) mass is 455 g/mol. The molecule has 6 heteroatoms. The van der Waals surface area contributed by atoms with Crippen molar-refractivity contribution in [3.8, 4) is 0 Å². The highest BCUT2D eigenvalue weighted by Gasteiger charge is 2.34. The number of pyridine rings is 1. The molecule has 0 aliphatic carbocycles. The molecule has 0 radical (unpaired) electrons. The first-order valence-electron chi connectivity index (χ1n) is 10.9. The van der Waals surface area contributed by atoms with Crippen molar-refractivity contribution < 1.29 is 23.9 Å². The smallest absolute Gasteiger partial charge is 0.341 e. The molecule has 0 amide bonds. The van der Waals surface area contributed by atoms with Gasteiger partial charge in [0.05, 0.1) is 19.7 Å². The Morgan fingerprint density at radius 3 is 1.94 bits per heavy atom. The molecule has 0 fully saturated rings. The molecule has 2 heterocycles. The van der Waals surface area contributed by atoms with Crippen LogP contribution in [-0.4, -0.2) is 36.3 Å². The van der Waals surface area contributed by atoms with Crippen LogP contribution in [0, 0.1) is 13.8 Å². The van der Waals surface area contributed by atoms with Gasteiger partial charge in [-0.2, -0.15) is 0 Å². The van der Waals surface area contributed by atoms with Gasteiger partial charge in [-0.1, -0.05) is 60.7 Å². The highest BCUT2D eigenvalue weighted by Crippen LogP contribution is 2.33. The van der Waals surface area contributed by atoms with E-state index in [1.807, 2.05) is 50.2 Å². The predicted molar refractivity (Wildman–Crippen MR) is 129 cm³/mol. The van der Waals surface area contributed by atoms with E-state index in [0.717, 1.165) is 16.7 Å². The Bertz CT molecular complexity index is 1400. The summed E-state index contributed by atoms with van der Waals surface area (Å²) in [7, 11) is 2.48. The second-order valence-corrected chi connectivity index (χ2v) is 8.06. The summed E-state index contributed by atoms with van der Waals surface area (Å²) in [4.78, 5) is 39.7. The molecule has 4 aromatic rings. The number of esters is 2. The fourth-order valence-electron chi connectivity index (χ4n) is 4.40. The molecule has 0 aliphatic heterocycles. The molecular formula is C28H25NO5. The van der Waals surface area contributed by atoms with Crippen LogP contribution >= 0.6 is 0 Å². The van der Waals surface area contributed by atoms with Crippen molar-refractivity contribution in [3.05, 3.63) is 111 Å². The maximum atomic E-state index is 13.7. The standard InChI is InChI=1S/C28H25NO5/c1-17-15-21(16-19-11-7-5-8-12-19)18(2)24-22(27(31)33-3)23(28(32)34-4)25(29(17)24)26(30)20-13-9-6-10-14-20/h5-15H,16H2,1-4H3. The lowest BCUT2D eigenvalue weighted by molar-refractivity contribution is 0.0556. The Morgan fingerprint density at radius 2 is 1.35 bits per heavy atom. The number of carbonyl (C=O) groups is 3. The first kappa shape index (κ1) is 23.0. The molecule has 6 nitrogen and oxygen atoms in total. The third kappa shape index (κ3) is 3.88. The number of hydrogen-bond donors (Lipinski definition) is 0. The molecule has 0 N–H and O–H groups in total. The summed E-state index contributed by atoms with van der Waals surface area (Å²) in [5, 5.41) is 0. The van der Waals surface area contributed by atoms with Crippen molar-refractivity contribution in [3.63, 3.8) is 0 Å². The Balaban J connectivity index is 2.10. The molecule has 0 aliphatic rings. The summed E-state index contributed by atoms with van der Waals surface area (Å²) in [6.45, 7) is 3.74. The van der Waals surface area contributed by atoms with Gasteiger partial charge in [-0.3, -0.25) is 4.79 Å². The van der Waals surface area contributed by atoms with E-state index in [-0.39, 0.29) is 22.6 Å². The molecule has 0 bridgehead atoms. The van der Waals surface area contributed by atoms with Crippen molar-refractivity contribution in [1.82, 2.24) is 4.40 Å². The number of ketones is 1. The summed E-state index contributed by atoms with van der Waals surface area (Å²) in [5.74, 6) is -1.86. The quantitative estimate of drug-likeness (QED) is 0.304. The number of ether oxygens (including phenoxy) is 2. The second-order valence-electron chi connectivity index (χ2n) is 8.06. The molecule has 34 heavy (non-hydrogen) atoms. The normalized spacial score (nSPS) is 10.8. The number of aryl methyl sites for hydroxylation is 2. The molecule has 0 spiro atoms. The SMILES string of the molecule is COC(=O)c1c(C(=O)OC)c2c(C)c(Cc3ccccc3)cc(C)n2c1C(=O)c1ccccc1. The summed E-state index contributed by atoms with van der Waals surface area (Å²) in [6.07, 6.45) is 0.630. The number of aromatic nitrogens is 1. The summed E-state index contributed by atoms with van der Waals surface area (Å²) >= 11 is 0. The van der Waals surface area contributed by atoms with Gasteiger partial charge in [0, 0.05) is 11.3 Å². The molecular weight excluding hydrogens is 430 g/mol. The van der Waals surface area contributed by atoms with Crippen molar-refractivity contribution in [1.29, 1.82) is 0 Å². The van der Waals surface area contributed by atoms with E-state index in [2.05, 4.69) is 0 Å². The molecule has 2 aromatic heterocycles. The number of benzene rings is 2. The van der Waals surface area contributed by atoms with Gasteiger partial charge in [-0.25, -0.2) is 9.59 Å². The van der Waals surface area contributed by atoms with Crippen molar-refractivity contribution in [2.24, 2.45) is 0 Å². The Hall–Kier alpha value is -4.19. The van der Waals surface area contributed by atoms with Crippen LogP contribution in [0.2, 0.25) is 0 Å². The van der Waals surface area contributed by atoms with Crippen molar-refractivity contribution in [2.75, 3.05) is 14.2 Å². The highest BCUT2D eigenvalue weighted by molar-refractivity contribution is 6.20. The van der Waals surface area contributed by atoms with E-state index in [1.165, 1.54) is 14.2 Å². The fraction of sp³-hybridized carbons (Fsp3) is 0.179. The van der Waals surface area contributed by atoms with Gasteiger partial charge in [-0.05, 0) is 43.0 Å². The fourth-order valence-corrected chi connectivity index (χ4v) is 4.40. The zero-order chi connectivity index (χ0) is 24.4. The minimum atomic E-state index is -0.771. The molecule has 2 aromatic carbocycles. The highest BCUT2D eigenvalue weighted by atomic mass is 16.5. The van der Waals surface area contributed by atoms with Crippen LogP contribution in [-0.2, 0) is 15.9 Å². The van der Waals surface area contributed by atoms with Gasteiger partial charge < -0.3 is 13.9 Å². The van der Waals surface area contributed by atoms with Crippen LogP contribution in [0.15, 0.2) is 66.7 Å². The van der Waals surface area contributed by atoms with E-state index >= 15 is 0 Å². The van der Waals surface area contributed by atoms with Gasteiger partial charge >= 0.3 is 11.9 Å². The Morgan fingerprint density at radius 1 is 0.794 bits per heavy atom. The predicted octanol–water partition coefficient (Wildman–Crippen LogP) is 4.95. The maximum absolute atomic E-state index is 13.7. The van der Waals surface area contributed by atoms with Crippen molar-refractivity contribution >= 4 is 23.2 Å². The molecule has 0 saturated heterocycles. The number of nitrogens with zero attached hydrogens (tertiary/aromatic N) is 1. The Kier molecular flexibility index (Phi) is 6.32. The number of fused-ring (bicyclic) bond motifs is 1. The Labute approximate surface area is 197 Å². The molecule has 0 unspecified atom stereocenters. The number of hydrogen-bond acceptors (Lipinski definition) is 5. The summed E-state index contributed by atoms with van der Waals surface area (Å²) < 4.78 is 11.8. The first-order chi connectivity index (χ1) is 16.4. The average Bonchev–Trinajstić information content (AvgIpc) is 3.23. The minimum Gasteiger partial charge on any atom is -0.465 e. The van der Waals surface area contributed by atoms with Crippen LogP contribution in [0.3, 0.4) is 0 Å². The van der Waals surface area contributed by atoms with E-state index < -0.39 is 11.9 Å². The minimum absolute atomic E-state index is 0.0316. The lowest BCUT2D eigenvalue weighted by Crippen LogP contribution is -2.15. The largest absolute Gasteiger partial charge is 0.465 e. The van der Waals surface area contributed by atoms with Gasteiger partial charge in [0.15, 0.2) is 0 Å². The van der Waals surface area contributed by atoms with E-state index in [9.17, 15) is 14.4 Å². The third-order valence-electron chi connectivity index (χ3n) is 6.01. The van der Waals surface area contributed by atoms with Gasteiger partial charge in [-0.15, -0.1) is 0 Å². The zero-order valence-corrected chi connectivity index (χ0v) is 19.5. The topological polar surface area (TPSA) is 74.1 Å².